The molecule has 0 aliphatic heterocycles. The molecule has 0 heterocycles. The van der Waals surface area contributed by atoms with Crippen molar-refractivity contribution < 1.29 is 10.2 Å². The second kappa shape index (κ2) is 5.32. The Morgan fingerprint density at radius 3 is 2.62 bits per heavy atom. The predicted molar refractivity (Wildman–Crippen MR) is 65.5 cm³/mol. The van der Waals surface area contributed by atoms with E-state index in [1.54, 1.807) is 6.07 Å². The minimum Gasteiger partial charge on any atom is -0.508 e. The third kappa shape index (κ3) is 3.22. The zero-order chi connectivity index (χ0) is 12.2. The number of aryl methyl sites for hydroxylation is 1. The molecule has 0 aromatic heterocycles. The number of rotatable bonds is 5. The topological polar surface area (TPSA) is 52.5 Å². The number of aliphatic hydroxyl groups is 1. The van der Waals surface area contributed by atoms with Crippen molar-refractivity contribution in [3.05, 3.63) is 29.3 Å². The van der Waals surface area contributed by atoms with Crippen LogP contribution in [0.4, 0.5) is 0 Å². The molecule has 1 aromatic rings. The summed E-state index contributed by atoms with van der Waals surface area (Å²) < 4.78 is 0. The van der Waals surface area contributed by atoms with Crippen LogP contribution < -0.4 is 5.32 Å². The van der Waals surface area contributed by atoms with E-state index < -0.39 is 0 Å². The summed E-state index contributed by atoms with van der Waals surface area (Å²) >= 11 is 0. The molecule has 0 amide bonds. The van der Waals surface area contributed by atoms with Crippen LogP contribution in [-0.2, 0) is 6.54 Å². The van der Waals surface area contributed by atoms with E-state index in [1.165, 1.54) is 0 Å². The molecule has 0 saturated heterocycles. The molecule has 1 unspecified atom stereocenters. The molecular formula is C13H21NO2. The van der Waals surface area contributed by atoms with Gasteiger partial charge >= 0.3 is 0 Å². The van der Waals surface area contributed by atoms with Crippen molar-refractivity contribution in [1.82, 2.24) is 5.32 Å². The number of hydrogen-bond donors (Lipinski definition) is 3. The van der Waals surface area contributed by atoms with E-state index >= 15 is 0 Å². The van der Waals surface area contributed by atoms with Crippen LogP contribution in [0.3, 0.4) is 0 Å². The first-order valence-electron chi connectivity index (χ1n) is 5.65. The second-order valence-electron chi connectivity index (χ2n) is 4.56. The monoisotopic (exact) mass is 223 g/mol. The summed E-state index contributed by atoms with van der Waals surface area (Å²) in [5.41, 5.74) is 1.71. The molecule has 3 heteroatoms. The molecule has 1 aromatic carbocycles. The van der Waals surface area contributed by atoms with Gasteiger partial charge in [0.05, 0.1) is 6.61 Å². The molecule has 0 spiro atoms. The van der Waals surface area contributed by atoms with Gasteiger partial charge in [0.1, 0.15) is 5.75 Å². The summed E-state index contributed by atoms with van der Waals surface area (Å²) in [5.74, 6) is 0.300. The van der Waals surface area contributed by atoms with Gasteiger partial charge in [0, 0.05) is 17.6 Å². The van der Waals surface area contributed by atoms with E-state index in [4.69, 9.17) is 0 Å². The lowest BCUT2D eigenvalue weighted by Crippen LogP contribution is -2.44. The largest absolute Gasteiger partial charge is 0.508 e. The molecule has 16 heavy (non-hydrogen) atoms. The first kappa shape index (κ1) is 13.0. The van der Waals surface area contributed by atoms with E-state index in [0.717, 1.165) is 17.5 Å². The van der Waals surface area contributed by atoms with Crippen LogP contribution in [0.1, 0.15) is 31.4 Å². The lowest BCUT2D eigenvalue weighted by molar-refractivity contribution is 0.168. The Balaban J connectivity index is 2.70. The molecule has 3 N–H and O–H groups in total. The first-order chi connectivity index (χ1) is 7.50. The molecule has 0 aliphatic carbocycles. The lowest BCUT2D eigenvalue weighted by Gasteiger charge is -2.27. The van der Waals surface area contributed by atoms with Crippen LogP contribution in [0.2, 0.25) is 0 Å². The Bertz CT molecular complexity index is 346. The van der Waals surface area contributed by atoms with E-state index in [0.29, 0.717) is 12.3 Å². The molecule has 0 fully saturated rings. The van der Waals surface area contributed by atoms with Gasteiger partial charge in [-0.1, -0.05) is 24.6 Å². The highest BCUT2D eigenvalue weighted by Gasteiger charge is 2.20. The van der Waals surface area contributed by atoms with Crippen molar-refractivity contribution in [1.29, 1.82) is 0 Å². The Labute approximate surface area is 97.1 Å². The average Bonchev–Trinajstić information content (AvgIpc) is 2.30. The number of aromatic hydroxyl groups is 1. The lowest BCUT2D eigenvalue weighted by atomic mass is 9.99. The number of nitrogens with one attached hydrogen (secondary N) is 1. The maximum Gasteiger partial charge on any atom is 0.120 e. The van der Waals surface area contributed by atoms with Crippen molar-refractivity contribution in [2.75, 3.05) is 6.61 Å². The number of benzene rings is 1. The van der Waals surface area contributed by atoms with Crippen LogP contribution in [0.25, 0.3) is 0 Å². The van der Waals surface area contributed by atoms with Crippen LogP contribution >= 0.6 is 0 Å². The van der Waals surface area contributed by atoms with Gasteiger partial charge in [-0.25, -0.2) is 0 Å². The van der Waals surface area contributed by atoms with Gasteiger partial charge in [-0.15, -0.1) is 0 Å². The van der Waals surface area contributed by atoms with E-state index in [2.05, 4.69) is 5.32 Å². The normalized spacial score (nSPS) is 14.8. The molecule has 1 rings (SSSR count). The maximum absolute atomic E-state index is 9.67. The second-order valence-corrected chi connectivity index (χ2v) is 4.56. The Hall–Kier alpha value is -1.06. The smallest absolute Gasteiger partial charge is 0.120 e. The molecule has 3 nitrogen and oxygen atoms in total. The molecule has 0 saturated carbocycles. The van der Waals surface area contributed by atoms with Crippen LogP contribution in [-0.4, -0.2) is 22.4 Å². The predicted octanol–water partition coefficient (Wildman–Crippen LogP) is 1.95. The quantitative estimate of drug-likeness (QED) is 0.715. The standard InChI is InChI=1S/C13H21NO2/c1-4-13(3,9-15)14-8-11-7-10(2)5-6-12(11)16/h5-7,14-16H,4,8-9H2,1-3H3. The highest BCUT2D eigenvalue weighted by molar-refractivity contribution is 5.35. The van der Waals surface area contributed by atoms with Crippen LogP contribution in [0.5, 0.6) is 5.75 Å². The van der Waals surface area contributed by atoms with Gasteiger partial charge in [0.15, 0.2) is 0 Å². The van der Waals surface area contributed by atoms with Crippen molar-refractivity contribution in [2.45, 2.75) is 39.3 Å². The number of hydrogen-bond acceptors (Lipinski definition) is 3. The number of phenols is 1. The summed E-state index contributed by atoms with van der Waals surface area (Å²) in [5, 5.41) is 22.2. The van der Waals surface area contributed by atoms with E-state index in [-0.39, 0.29) is 12.1 Å². The summed E-state index contributed by atoms with van der Waals surface area (Å²) in [6, 6.07) is 5.54. The Morgan fingerprint density at radius 2 is 2.06 bits per heavy atom. The summed E-state index contributed by atoms with van der Waals surface area (Å²) in [6.07, 6.45) is 0.843. The van der Waals surface area contributed by atoms with Crippen LogP contribution in [0.15, 0.2) is 18.2 Å². The maximum atomic E-state index is 9.67. The molecule has 90 valence electrons. The minimum absolute atomic E-state index is 0.0933. The van der Waals surface area contributed by atoms with Gasteiger partial charge in [-0.3, -0.25) is 0 Å². The van der Waals surface area contributed by atoms with Crippen LogP contribution in [0, 0.1) is 6.92 Å². The molecule has 0 bridgehead atoms. The third-order valence-electron chi connectivity index (χ3n) is 3.07. The summed E-state index contributed by atoms with van der Waals surface area (Å²) in [4.78, 5) is 0. The molecule has 1 atom stereocenters. The zero-order valence-electron chi connectivity index (χ0n) is 10.2. The average molecular weight is 223 g/mol. The highest BCUT2D eigenvalue weighted by Crippen LogP contribution is 2.19. The minimum atomic E-state index is -0.282. The van der Waals surface area contributed by atoms with Crippen molar-refractivity contribution in [3.8, 4) is 5.75 Å². The first-order valence-corrected chi connectivity index (χ1v) is 5.65. The fourth-order valence-electron chi connectivity index (χ4n) is 1.46. The van der Waals surface area contributed by atoms with Crippen molar-refractivity contribution in [3.63, 3.8) is 0 Å². The summed E-state index contributed by atoms with van der Waals surface area (Å²) in [7, 11) is 0. The molecule has 0 aliphatic rings. The Kier molecular flexibility index (Phi) is 4.33. The summed E-state index contributed by atoms with van der Waals surface area (Å²) in [6.45, 7) is 6.65. The van der Waals surface area contributed by atoms with Gasteiger partial charge < -0.3 is 15.5 Å². The fourth-order valence-corrected chi connectivity index (χ4v) is 1.46. The SMILES string of the molecule is CCC(C)(CO)NCc1cc(C)ccc1O. The van der Waals surface area contributed by atoms with Gasteiger partial charge in [-0.2, -0.15) is 0 Å². The van der Waals surface area contributed by atoms with Gasteiger partial charge in [0.2, 0.25) is 0 Å². The zero-order valence-corrected chi connectivity index (χ0v) is 10.2. The van der Waals surface area contributed by atoms with E-state index in [9.17, 15) is 10.2 Å². The van der Waals surface area contributed by atoms with Gasteiger partial charge in [0.25, 0.3) is 0 Å². The Morgan fingerprint density at radius 1 is 1.38 bits per heavy atom. The fraction of sp³-hybridized carbons (Fsp3) is 0.538. The number of aliphatic hydroxyl groups excluding tert-OH is 1. The molecular weight excluding hydrogens is 202 g/mol. The third-order valence-corrected chi connectivity index (χ3v) is 3.07. The molecule has 0 radical (unpaired) electrons. The number of phenolic OH excluding ortho intramolecular Hbond substituents is 1. The van der Waals surface area contributed by atoms with Crippen molar-refractivity contribution in [2.24, 2.45) is 0 Å². The van der Waals surface area contributed by atoms with Gasteiger partial charge in [-0.05, 0) is 26.3 Å². The van der Waals surface area contributed by atoms with Crippen molar-refractivity contribution >= 4 is 0 Å². The highest BCUT2D eigenvalue weighted by atomic mass is 16.3. The van der Waals surface area contributed by atoms with E-state index in [1.807, 2.05) is 32.9 Å².